The molecule has 3 rings (SSSR count). The van der Waals surface area contributed by atoms with Crippen molar-refractivity contribution in [1.82, 2.24) is 0 Å². The van der Waals surface area contributed by atoms with Crippen molar-refractivity contribution in [2.45, 2.75) is 12.5 Å². The molecule has 0 fully saturated rings. The first kappa shape index (κ1) is 12.4. The SMILES string of the molecule is O=C1OC(C(=O)Oc2ccccc2)Cc2ccccc21. The molecule has 4 heteroatoms. The lowest BCUT2D eigenvalue weighted by Crippen LogP contribution is -2.36. The van der Waals surface area contributed by atoms with Gasteiger partial charge >= 0.3 is 11.9 Å². The average Bonchev–Trinajstić information content (AvgIpc) is 2.48. The summed E-state index contributed by atoms with van der Waals surface area (Å²) in [4.78, 5) is 23.8. The summed E-state index contributed by atoms with van der Waals surface area (Å²) in [5, 5.41) is 0. The van der Waals surface area contributed by atoms with Gasteiger partial charge in [0.05, 0.1) is 5.56 Å². The van der Waals surface area contributed by atoms with E-state index in [9.17, 15) is 9.59 Å². The second-order valence-electron chi connectivity index (χ2n) is 4.49. The van der Waals surface area contributed by atoms with Gasteiger partial charge < -0.3 is 9.47 Å². The second kappa shape index (κ2) is 5.17. The van der Waals surface area contributed by atoms with E-state index in [0.29, 0.717) is 17.7 Å². The zero-order chi connectivity index (χ0) is 13.9. The summed E-state index contributed by atoms with van der Waals surface area (Å²) >= 11 is 0. The van der Waals surface area contributed by atoms with E-state index in [1.165, 1.54) is 0 Å². The zero-order valence-corrected chi connectivity index (χ0v) is 10.6. The lowest BCUT2D eigenvalue weighted by molar-refractivity contribution is -0.144. The highest BCUT2D eigenvalue weighted by Gasteiger charge is 2.32. The van der Waals surface area contributed by atoms with Crippen molar-refractivity contribution < 1.29 is 19.1 Å². The van der Waals surface area contributed by atoms with Gasteiger partial charge in [-0.15, -0.1) is 0 Å². The van der Waals surface area contributed by atoms with Crippen LogP contribution >= 0.6 is 0 Å². The highest BCUT2D eigenvalue weighted by molar-refractivity contribution is 5.95. The summed E-state index contributed by atoms with van der Waals surface area (Å²) in [6.45, 7) is 0. The number of rotatable bonds is 2. The van der Waals surface area contributed by atoms with Gasteiger partial charge in [0, 0.05) is 6.42 Å². The molecular formula is C16H12O4. The third kappa shape index (κ3) is 2.40. The first-order valence-corrected chi connectivity index (χ1v) is 6.29. The second-order valence-corrected chi connectivity index (χ2v) is 4.49. The van der Waals surface area contributed by atoms with Gasteiger partial charge in [-0.3, -0.25) is 0 Å². The van der Waals surface area contributed by atoms with E-state index in [2.05, 4.69) is 0 Å². The fourth-order valence-electron chi connectivity index (χ4n) is 2.13. The molecule has 1 aliphatic heterocycles. The van der Waals surface area contributed by atoms with Crippen LogP contribution < -0.4 is 4.74 Å². The summed E-state index contributed by atoms with van der Waals surface area (Å²) in [5.74, 6) is -0.603. The normalized spacial score (nSPS) is 17.0. The van der Waals surface area contributed by atoms with Gasteiger partial charge in [0.15, 0.2) is 0 Å². The molecule has 20 heavy (non-hydrogen) atoms. The molecule has 1 atom stereocenters. The Morgan fingerprint density at radius 1 is 1.05 bits per heavy atom. The Labute approximate surface area is 115 Å². The van der Waals surface area contributed by atoms with E-state index < -0.39 is 18.0 Å². The van der Waals surface area contributed by atoms with Gasteiger partial charge in [0.25, 0.3) is 0 Å². The van der Waals surface area contributed by atoms with Crippen molar-refractivity contribution in [1.29, 1.82) is 0 Å². The van der Waals surface area contributed by atoms with Crippen molar-refractivity contribution >= 4 is 11.9 Å². The average molecular weight is 268 g/mol. The van der Waals surface area contributed by atoms with Crippen LogP contribution in [0.5, 0.6) is 5.75 Å². The van der Waals surface area contributed by atoms with Crippen LogP contribution in [0.4, 0.5) is 0 Å². The predicted molar refractivity (Wildman–Crippen MR) is 71.4 cm³/mol. The molecule has 0 saturated carbocycles. The fraction of sp³-hybridized carbons (Fsp3) is 0.125. The molecule has 1 heterocycles. The number of carbonyl (C=O) groups excluding carboxylic acids is 2. The maximum absolute atomic E-state index is 12.0. The lowest BCUT2D eigenvalue weighted by atomic mass is 9.99. The Bertz CT molecular complexity index is 649. The third-order valence-corrected chi connectivity index (χ3v) is 3.12. The molecule has 1 aliphatic rings. The number of benzene rings is 2. The summed E-state index contributed by atoms with van der Waals surface area (Å²) in [6, 6.07) is 15.8. The van der Waals surface area contributed by atoms with Gasteiger partial charge in [-0.1, -0.05) is 36.4 Å². The Balaban J connectivity index is 1.76. The van der Waals surface area contributed by atoms with Crippen LogP contribution in [-0.2, 0) is 16.0 Å². The number of fused-ring (bicyclic) bond motifs is 1. The summed E-state index contributed by atoms with van der Waals surface area (Å²) in [7, 11) is 0. The molecule has 0 aromatic heterocycles. The van der Waals surface area contributed by atoms with Crippen LogP contribution in [-0.4, -0.2) is 18.0 Å². The van der Waals surface area contributed by atoms with Gasteiger partial charge in [-0.05, 0) is 23.8 Å². The van der Waals surface area contributed by atoms with Crippen molar-refractivity contribution in [3.63, 3.8) is 0 Å². The Morgan fingerprint density at radius 2 is 1.75 bits per heavy atom. The van der Waals surface area contributed by atoms with Gasteiger partial charge in [0.2, 0.25) is 6.10 Å². The van der Waals surface area contributed by atoms with Crippen LogP contribution in [0.15, 0.2) is 54.6 Å². The minimum atomic E-state index is -0.891. The van der Waals surface area contributed by atoms with Crippen LogP contribution in [0.25, 0.3) is 0 Å². The molecule has 0 saturated heterocycles. The van der Waals surface area contributed by atoms with E-state index in [1.54, 1.807) is 36.4 Å². The van der Waals surface area contributed by atoms with Gasteiger partial charge in [0.1, 0.15) is 5.75 Å². The smallest absolute Gasteiger partial charge is 0.353 e. The molecular weight excluding hydrogens is 256 g/mol. The van der Waals surface area contributed by atoms with Crippen LogP contribution in [0, 0.1) is 0 Å². The number of hydrogen-bond donors (Lipinski definition) is 0. The zero-order valence-electron chi connectivity index (χ0n) is 10.6. The predicted octanol–water partition coefficient (Wildman–Crippen LogP) is 2.37. The number of carbonyl (C=O) groups is 2. The van der Waals surface area contributed by atoms with Crippen molar-refractivity contribution in [3.05, 3.63) is 65.7 Å². The Kier molecular flexibility index (Phi) is 3.21. The molecule has 2 aromatic carbocycles. The number of hydrogen-bond acceptors (Lipinski definition) is 4. The molecule has 0 amide bonds. The highest BCUT2D eigenvalue weighted by atomic mass is 16.6. The number of ether oxygens (including phenoxy) is 2. The van der Waals surface area contributed by atoms with Crippen molar-refractivity contribution in [2.24, 2.45) is 0 Å². The Morgan fingerprint density at radius 3 is 2.55 bits per heavy atom. The van der Waals surface area contributed by atoms with Crippen LogP contribution in [0.3, 0.4) is 0 Å². The quantitative estimate of drug-likeness (QED) is 0.620. The van der Waals surface area contributed by atoms with Crippen molar-refractivity contribution in [2.75, 3.05) is 0 Å². The van der Waals surface area contributed by atoms with Gasteiger partial charge in [-0.25, -0.2) is 9.59 Å². The van der Waals surface area contributed by atoms with Crippen molar-refractivity contribution in [3.8, 4) is 5.75 Å². The number of para-hydroxylation sites is 1. The van der Waals surface area contributed by atoms with E-state index in [4.69, 9.17) is 9.47 Å². The van der Waals surface area contributed by atoms with Crippen LogP contribution in [0.1, 0.15) is 15.9 Å². The lowest BCUT2D eigenvalue weighted by Gasteiger charge is -2.22. The highest BCUT2D eigenvalue weighted by Crippen LogP contribution is 2.22. The first-order valence-electron chi connectivity index (χ1n) is 6.29. The molecule has 0 N–H and O–H groups in total. The molecule has 1 unspecified atom stereocenters. The summed E-state index contributed by atoms with van der Waals surface area (Å²) in [6.07, 6.45) is -0.550. The molecule has 4 nitrogen and oxygen atoms in total. The topological polar surface area (TPSA) is 52.6 Å². The largest absolute Gasteiger partial charge is 0.446 e. The standard InChI is InChI=1S/C16H12O4/c17-15-13-9-5-4-6-11(13)10-14(20-15)16(18)19-12-7-2-1-3-8-12/h1-9,14H,10H2. The minimum Gasteiger partial charge on any atom is -0.446 e. The maximum Gasteiger partial charge on any atom is 0.353 e. The Hall–Kier alpha value is -2.62. The molecule has 0 bridgehead atoms. The number of cyclic esters (lactones) is 1. The van der Waals surface area contributed by atoms with E-state index in [0.717, 1.165) is 5.56 Å². The molecule has 100 valence electrons. The summed E-state index contributed by atoms with van der Waals surface area (Å²) < 4.78 is 10.3. The minimum absolute atomic E-state index is 0.341. The van der Waals surface area contributed by atoms with E-state index in [-0.39, 0.29) is 0 Å². The van der Waals surface area contributed by atoms with Gasteiger partial charge in [-0.2, -0.15) is 0 Å². The maximum atomic E-state index is 12.0. The molecule has 2 aromatic rings. The third-order valence-electron chi connectivity index (χ3n) is 3.12. The van der Waals surface area contributed by atoms with E-state index in [1.807, 2.05) is 18.2 Å². The molecule has 0 spiro atoms. The first-order chi connectivity index (χ1) is 9.74. The van der Waals surface area contributed by atoms with Crippen LogP contribution in [0.2, 0.25) is 0 Å². The van der Waals surface area contributed by atoms with E-state index >= 15 is 0 Å². The molecule has 0 radical (unpaired) electrons. The fourth-order valence-corrected chi connectivity index (χ4v) is 2.13. The monoisotopic (exact) mass is 268 g/mol. The molecule has 0 aliphatic carbocycles. The summed E-state index contributed by atoms with van der Waals surface area (Å²) in [5.41, 5.74) is 1.31. The number of esters is 2.